The molecule has 0 bridgehead atoms. The molecular weight excluding hydrogens is 204 g/mol. The van der Waals surface area contributed by atoms with E-state index in [1.807, 2.05) is 13.8 Å². The van der Waals surface area contributed by atoms with Crippen molar-refractivity contribution in [1.29, 1.82) is 0 Å². The van der Waals surface area contributed by atoms with Gasteiger partial charge >= 0.3 is 0 Å². The Kier molecular flexibility index (Phi) is 2.68. The van der Waals surface area contributed by atoms with E-state index in [0.717, 1.165) is 19.3 Å². The molecule has 1 aliphatic heterocycles. The van der Waals surface area contributed by atoms with Gasteiger partial charge in [-0.1, -0.05) is 13.8 Å². The van der Waals surface area contributed by atoms with E-state index in [1.165, 1.54) is 0 Å². The normalized spacial score (nSPS) is 36.4. The first-order chi connectivity index (χ1) is 7.46. The van der Waals surface area contributed by atoms with Crippen molar-refractivity contribution >= 4 is 11.8 Å². The van der Waals surface area contributed by atoms with E-state index in [9.17, 15) is 9.59 Å². The van der Waals surface area contributed by atoms with E-state index in [2.05, 4.69) is 10.6 Å². The average Bonchev–Trinajstić information content (AvgIpc) is 2.49. The summed E-state index contributed by atoms with van der Waals surface area (Å²) in [4.78, 5) is 23.4. The maximum atomic E-state index is 11.8. The largest absolute Gasteiger partial charge is 0.359 e. The SMILES string of the molecule is CNC(=O)C1CCC2NC(=O)C(C)(C)C2C1. The van der Waals surface area contributed by atoms with Crippen LogP contribution in [0, 0.1) is 17.3 Å². The molecule has 2 fully saturated rings. The molecule has 3 unspecified atom stereocenters. The summed E-state index contributed by atoms with van der Waals surface area (Å²) < 4.78 is 0. The molecule has 0 radical (unpaired) electrons. The topological polar surface area (TPSA) is 58.2 Å². The van der Waals surface area contributed by atoms with E-state index < -0.39 is 0 Å². The summed E-state index contributed by atoms with van der Waals surface area (Å²) >= 11 is 0. The van der Waals surface area contributed by atoms with Crippen LogP contribution in [-0.2, 0) is 9.59 Å². The van der Waals surface area contributed by atoms with Crippen molar-refractivity contribution in [1.82, 2.24) is 10.6 Å². The molecule has 2 rings (SSSR count). The minimum atomic E-state index is -0.322. The predicted octanol–water partition coefficient (Wildman–Crippen LogP) is 0.673. The highest BCUT2D eigenvalue weighted by Gasteiger charge is 2.51. The molecule has 3 atom stereocenters. The van der Waals surface area contributed by atoms with Gasteiger partial charge in [0.25, 0.3) is 0 Å². The van der Waals surface area contributed by atoms with Crippen molar-refractivity contribution in [3.8, 4) is 0 Å². The molecule has 0 aromatic carbocycles. The zero-order valence-electron chi connectivity index (χ0n) is 10.2. The van der Waals surface area contributed by atoms with Crippen LogP contribution in [0.1, 0.15) is 33.1 Å². The quantitative estimate of drug-likeness (QED) is 0.688. The number of hydrogen-bond acceptors (Lipinski definition) is 2. The lowest BCUT2D eigenvalue weighted by atomic mass is 9.68. The third kappa shape index (κ3) is 1.60. The van der Waals surface area contributed by atoms with Crippen LogP contribution in [0.15, 0.2) is 0 Å². The lowest BCUT2D eigenvalue weighted by Crippen LogP contribution is -2.40. The maximum absolute atomic E-state index is 11.8. The molecule has 0 aromatic heterocycles. The number of hydrogen-bond donors (Lipinski definition) is 2. The molecule has 4 heteroatoms. The van der Waals surface area contributed by atoms with Crippen molar-refractivity contribution in [2.75, 3.05) is 7.05 Å². The van der Waals surface area contributed by atoms with Crippen LogP contribution < -0.4 is 10.6 Å². The molecule has 2 amide bonds. The molecule has 1 saturated heterocycles. The smallest absolute Gasteiger partial charge is 0.226 e. The molecule has 1 heterocycles. The fourth-order valence-corrected chi connectivity index (χ4v) is 3.11. The maximum Gasteiger partial charge on any atom is 0.226 e. The molecular formula is C12H20N2O2. The van der Waals surface area contributed by atoms with Gasteiger partial charge in [-0.3, -0.25) is 9.59 Å². The lowest BCUT2D eigenvalue weighted by molar-refractivity contribution is -0.129. The fraction of sp³-hybridized carbons (Fsp3) is 0.833. The van der Waals surface area contributed by atoms with Crippen LogP contribution in [0.5, 0.6) is 0 Å². The van der Waals surface area contributed by atoms with Crippen molar-refractivity contribution in [2.45, 2.75) is 39.2 Å². The monoisotopic (exact) mass is 224 g/mol. The van der Waals surface area contributed by atoms with Crippen LogP contribution in [0.3, 0.4) is 0 Å². The Balaban J connectivity index is 2.13. The van der Waals surface area contributed by atoms with Gasteiger partial charge in [0.1, 0.15) is 0 Å². The first-order valence-electron chi connectivity index (χ1n) is 5.99. The lowest BCUT2D eigenvalue weighted by Gasteiger charge is -2.35. The van der Waals surface area contributed by atoms with Crippen molar-refractivity contribution < 1.29 is 9.59 Å². The zero-order chi connectivity index (χ0) is 11.9. The van der Waals surface area contributed by atoms with Crippen LogP contribution in [0.25, 0.3) is 0 Å². The van der Waals surface area contributed by atoms with Gasteiger partial charge in [-0.25, -0.2) is 0 Å². The highest BCUT2D eigenvalue weighted by molar-refractivity contribution is 5.85. The van der Waals surface area contributed by atoms with Gasteiger partial charge in [-0.05, 0) is 25.2 Å². The Bertz CT molecular complexity index is 325. The van der Waals surface area contributed by atoms with Gasteiger partial charge < -0.3 is 10.6 Å². The highest BCUT2D eigenvalue weighted by Crippen LogP contribution is 2.45. The molecule has 1 saturated carbocycles. The molecule has 0 spiro atoms. The minimum absolute atomic E-state index is 0.0817. The Morgan fingerprint density at radius 3 is 2.75 bits per heavy atom. The number of fused-ring (bicyclic) bond motifs is 1. The van der Waals surface area contributed by atoms with Crippen molar-refractivity contribution in [3.05, 3.63) is 0 Å². The Labute approximate surface area is 96.2 Å². The van der Waals surface area contributed by atoms with Crippen LogP contribution >= 0.6 is 0 Å². The number of rotatable bonds is 1. The van der Waals surface area contributed by atoms with E-state index in [1.54, 1.807) is 7.05 Å². The van der Waals surface area contributed by atoms with E-state index in [4.69, 9.17) is 0 Å². The number of nitrogens with one attached hydrogen (secondary N) is 2. The summed E-state index contributed by atoms with van der Waals surface area (Å²) in [5, 5.41) is 5.76. The summed E-state index contributed by atoms with van der Waals surface area (Å²) in [5.41, 5.74) is -0.322. The van der Waals surface area contributed by atoms with Gasteiger partial charge in [0.15, 0.2) is 0 Å². The Morgan fingerprint density at radius 1 is 1.44 bits per heavy atom. The van der Waals surface area contributed by atoms with Crippen molar-refractivity contribution in [3.63, 3.8) is 0 Å². The highest BCUT2D eigenvalue weighted by atomic mass is 16.2. The van der Waals surface area contributed by atoms with E-state index in [-0.39, 0.29) is 29.2 Å². The van der Waals surface area contributed by atoms with Crippen LogP contribution in [-0.4, -0.2) is 24.9 Å². The third-order valence-corrected chi connectivity index (χ3v) is 4.30. The predicted molar refractivity (Wildman–Crippen MR) is 60.6 cm³/mol. The average molecular weight is 224 g/mol. The van der Waals surface area contributed by atoms with Crippen LogP contribution in [0.2, 0.25) is 0 Å². The van der Waals surface area contributed by atoms with Gasteiger partial charge in [0.05, 0.1) is 0 Å². The van der Waals surface area contributed by atoms with Crippen LogP contribution in [0.4, 0.5) is 0 Å². The zero-order valence-corrected chi connectivity index (χ0v) is 10.2. The minimum Gasteiger partial charge on any atom is -0.359 e. The fourth-order valence-electron chi connectivity index (χ4n) is 3.11. The van der Waals surface area contributed by atoms with Gasteiger partial charge in [0, 0.05) is 24.4 Å². The third-order valence-electron chi connectivity index (χ3n) is 4.30. The Morgan fingerprint density at radius 2 is 2.12 bits per heavy atom. The molecule has 1 aliphatic carbocycles. The van der Waals surface area contributed by atoms with Gasteiger partial charge in [-0.2, -0.15) is 0 Å². The molecule has 16 heavy (non-hydrogen) atoms. The first kappa shape index (κ1) is 11.4. The van der Waals surface area contributed by atoms with E-state index in [0.29, 0.717) is 5.92 Å². The number of carbonyl (C=O) groups excluding carboxylic acids is 2. The standard InChI is InChI=1S/C12H20N2O2/c1-12(2)8-6-7(10(15)13-3)4-5-9(8)14-11(12)16/h7-9H,4-6H2,1-3H3,(H,13,15)(H,14,16). The van der Waals surface area contributed by atoms with E-state index >= 15 is 0 Å². The van der Waals surface area contributed by atoms with Crippen molar-refractivity contribution in [2.24, 2.45) is 17.3 Å². The summed E-state index contributed by atoms with van der Waals surface area (Å²) in [5.74, 6) is 0.642. The summed E-state index contributed by atoms with van der Waals surface area (Å²) in [6, 6.07) is 0.281. The Hall–Kier alpha value is -1.06. The number of carbonyl (C=O) groups is 2. The summed E-state index contributed by atoms with van der Waals surface area (Å²) in [7, 11) is 1.68. The molecule has 4 nitrogen and oxygen atoms in total. The molecule has 90 valence electrons. The summed E-state index contributed by atoms with van der Waals surface area (Å²) in [6.07, 6.45) is 2.64. The number of amides is 2. The second-order valence-corrected chi connectivity index (χ2v) is 5.53. The first-order valence-corrected chi connectivity index (χ1v) is 5.99. The second-order valence-electron chi connectivity index (χ2n) is 5.53. The molecule has 2 N–H and O–H groups in total. The second kappa shape index (κ2) is 3.75. The van der Waals surface area contributed by atoms with Gasteiger partial charge in [0.2, 0.25) is 11.8 Å². The summed E-state index contributed by atoms with van der Waals surface area (Å²) in [6.45, 7) is 3.97. The molecule has 0 aromatic rings. The molecule has 2 aliphatic rings. The van der Waals surface area contributed by atoms with Gasteiger partial charge in [-0.15, -0.1) is 0 Å².